The van der Waals surface area contributed by atoms with Crippen LogP contribution in [-0.2, 0) is 4.74 Å². The van der Waals surface area contributed by atoms with Crippen molar-refractivity contribution >= 4 is 22.7 Å². The molecule has 0 aliphatic carbocycles. The van der Waals surface area contributed by atoms with E-state index in [0.717, 1.165) is 11.2 Å². The highest BCUT2D eigenvalue weighted by atomic mass is 16.5. The molecular weight excluding hydrogens is 270 g/mol. The van der Waals surface area contributed by atoms with Crippen LogP contribution in [0.3, 0.4) is 0 Å². The number of ether oxygens (including phenoxy) is 1. The second-order valence-electron chi connectivity index (χ2n) is 5.08. The third-order valence-corrected chi connectivity index (χ3v) is 3.10. The molecule has 0 radical (unpaired) electrons. The van der Waals surface area contributed by atoms with E-state index in [2.05, 4.69) is 9.97 Å². The van der Waals surface area contributed by atoms with Gasteiger partial charge in [-0.3, -0.25) is 0 Å². The minimum Gasteiger partial charge on any atom is -0.478 e. The zero-order valence-electron chi connectivity index (χ0n) is 12.4. The number of likely N-dealkylation sites (N-methyl/N-ethyl adjacent to an activating group) is 1. The van der Waals surface area contributed by atoms with Crippen molar-refractivity contribution in [2.24, 2.45) is 0 Å². The summed E-state index contributed by atoms with van der Waals surface area (Å²) >= 11 is 0. The van der Waals surface area contributed by atoms with Gasteiger partial charge in [0.2, 0.25) is 0 Å². The van der Waals surface area contributed by atoms with Crippen molar-refractivity contribution in [1.82, 2.24) is 9.97 Å². The predicted octanol–water partition coefficient (Wildman–Crippen LogP) is 2.19. The summed E-state index contributed by atoms with van der Waals surface area (Å²) in [6.07, 6.45) is 1.64. The number of aromatic carboxylic acids is 1. The number of carbonyl (C=O) groups is 1. The van der Waals surface area contributed by atoms with Gasteiger partial charge in [0.05, 0.1) is 23.8 Å². The topological polar surface area (TPSA) is 75.5 Å². The summed E-state index contributed by atoms with van der Waals surface area (Å²) in [6.45, 7) is 5.29. The third kappa shape index (κ3) is 3.66. The van der Waals surface area contributed by atoms with E-state index in [0.29, 0.717) is 18.7 Å². The fraction of sp³-hybridized carbons (Fsp3) is 0.400. The SMILES string of the molecule is CC(C)OCCN(C)c1ncnc2cc(C(=O)O)ccc12. The lowest BCUT2D eigenvalue weighted by Crippen LogP contribution is -2.25. The number of rotatable bonds is 6. The van der Waals surface area contributed by atoms with Gasteiger partial charge >= 0.3 is 5.97 Å². The fourth-order valence-corrected chi connectivity index (χ4v) is 2.01. The lowest BCUT2D eigenvalue weighted by molar-refractivity contribution is 0.0697. The van der Waals surface area contributed by atoms with E-state index < -0.39 is 5.97 Å². The molecule has 0 fully saturated rings. The molecule has 0 aliphatic rings. The zero-order chi connectivity index (χ0) is 15.4. The maximum atomic E-state index is 11.0. The number of hydrogen-bond donors (Lipinski definition) is 1. The first-order chi connectivity index (χ1) is 9.99. The van der Waals surface area contributed by atoms with Crippen LogP contribution in [-0.4, -0.2) is 47.3 Å². The van der Waals surface area contributed by atoms with Crippen LogP contribution in [0.4, 0.5) is 5.82 Å². The molecule has 0 saturated heterocycles. The molecule has 1 N–H and O–H groups in total. The first-order valence-corrected chi connectivity index (χ1v) is 6.80. The van der Waals surface area contributed by atoms with Crippen LogP contribution in [0.1, 0.15) is 24.2 Å². The molecule has 21 heavy (non-hydrogen) atoms. The largest absolute Gasteiger partial charge is 0.478 e. The molecule has 1 aromatic heterocycles. The summed E-state index contributed by atoms with van der Waals surface area (Å²) in [4.78, 5) is 21.4. The van der Waals surface area contributed by atoms with Gasteiger partial charge in [-0.05, 0) is 32.0 Å². The summed E-state index contributed by atoms with van der Waals surface area (Å²) in [6, 6.07) is 4.87. The van der Waals surface area contributed by atoms with Crippen molar-refractivity contribution in [2.45, 2.75) is 20.0 Å². The number of aromatic nitrogens is 2. The van der Waals surface area contributed by atoms with Crippen LogP contribution in [0.2, 0.25) is 0 Å². The van der Waals surface area contributed by atoms with E-state index >= 15 is 0 Å². The molecule has 2 aromatic rings. The van der Waals surface area contributed by atoms with Crippen molar-refractivity contribution in [3.8, 4) is 0 Å². The highest BCUT2D eigenvalue weighted by Gasteiger charge is 2.11. The average Bonchev–Trinajstić information content (AvgIpc) is 2.45. The lowest BCUT2D eigenvalue weighted by atomic mass is 10.1. The Labute approximate surface area is 123 Å². The standard InChI is InChI=1S/C15H19N3O3/c1-10(2)21-7-6-18(3)14-12-5-4-11(15(19)20)8-13(12)16-9-17-14/h4-5,8-10H,6-7H2,1-3H3,(H,19,20). The van der Waals surface area contributed by atoms with E-state index in [-0.39, 0.29) is 11.7 Å². The smallest absolute Gasteiger partial charge is 0.335 e. The molecule has 0 bridgehead atoms. The van der Waals surface area contributed by atoms with Gasteiger partial charge in [0, 0.05) is 19.0 Å². The predicted molar refractivity (Wildman–Crippen MR) is 80.9 cm³/mol. The normalized spacial score (nSPS) is 11.0. The van der Waals surface area contributed by atoms with Crippen molar-refractivity contribution in [3.63, 3.8) is 0 Å². The van der Waals surface area contributed by atoms with Crippen molar-refractivity contribution in [3.05, 3.63) is 30.1 Å². The Bertz CT molecular complexity index is 643. The molecule has 0 spiro atoms. The summed E-state index contributed by atoms with van der Waals surface area (Å²) in [5.41, 5.74) is 0.842. The van der Waals surface area contributed by atoms with Crippen molar-refractivity contribution in [2.75, 3.05) is 25.1 Å². The quantitative estimate of drug-likeness (QED) is 0.878. The number of fused-ring (bicyclic) bond motifs is 1. The highest BCUT2D eigenvalue weighted by molar-refractivity contribution is 5.96. The van der Waals surface area contributed by atoms with Crippen molar-refractivity contribution in [1.29, 1.82) is 0 Å². The number of hydrogen-bond acceptors (Lipinski definition) is 5. The van der Waals surface area contributed by atoms with E-state index in [1.807, 2.05) is 25.8 Å². The van der Waals surface area contributed by atoms with Gasteiger partial charge < -0.3 is 14.7 Å². The van der Waals surface area contributed by atoms with E-state index in [9.17, 15) is 4.79 Å². The molecule has 1 heterocycles. The van der Waals surface area contributed by atoms with E-state index in [1.54, 1.807) is 18.2 Å². The van der Waals surface area contributed by atoms with E-state index in [4.69, 9.17) is 9.84 Å². The Hall–Kier alpha value is -2.21. The Kier molecular flexibility index (Phi) is 4.70. The molecule has 6 heteroatoms. The lowest BCUT2D eigenvalue weighted by Gasteiger charge is -2.20. The second-order valence-corrected chi connectivity index (χ2v) is 5.08. The third-order valence-electron chi connectivity index (χ3n) is 3.10. The van der Waals surface area contributed by atoms with Crippen LogP contribution >= 0.6 is 0 Å². The molecule has 0 atom stereocenters. The van der Waals surface area contributed by atoms with Crippen molar-refractivity contribution < 1.29 is 14.6 Å². The van der Waals surface area contributed by atoms with Gasteiger partial charge in [-0.2, -0.15) is 0 Å². The monoisotopic (exact) mass is 289 g/mol. The average molecular weight is 289 g/mol. The van der Waals surface area contributed by atoms with Gasteiger partial charge in [-0.25, -0.2) is 14.8 Å². The maximum Gasteiger partial charge on any atom is 0.335 e. The molecule has 0 amide bonds. The molecular formula is C15H19N3O3. The molecule has 0 saturated carbocycles. The molecule has 2 rings (SSSR count). The van der Waals surface area contributed by atoms with Gasteiger partial charge in [-0.1, -0.05) is 0 Å². The van der Waals surface area contributed by atoms with E-state index in [1.165, 1.54) is 6.33 Å². The van der Waals surface area contributed by atoms with Crippen LogP contribution in [0, 0.1) is 0 Å². The Balaban J connectivity index is 2.25. The summed E-state index contributed by atoms with van der Waals surface area (Å²) < 4.78 is 5.53. The van der Waals surface area contributed by atoms with Gasteiger partial charge in [0.25, 0.3) is 0 Å². The first-order valence-electron chi connectivity index (χ1n) is 6.80. The summed E-state index contributed by atoms with van der Waals surface area (Å²) in [7, 11) is 1.93. The van der Waals surface area contributed by atoms with Gasteiger partial charge in [0.15, 0.2) is 0 Å². The van der Waals surface area contributed by atoms with Crippen LogP contribution in [0.5, 0.6) is 0 Å². The maximum absolute atomic E-state index is 11.0. The fourth-order valence-electron chi connectivity index (χ4n) is 2.01. The van der Waals surface area contributed by atoms with Crippen LogP contribution < -0.4 is 4.90 Å². The minimum absolute atomic E-state index is 0.193. The Morgan fingerprint density at radius 3 is 2.81 bits per heavy atom. The second kappa shape index (κ2) is 6.49. The molecule has 0 aliphatic heterocycles. The van der Waals surface area contributed by atoms with Gasteiger partial charge in [0.1, 0.15) is 12.1 Å². The van der Waals surface area contributed by atoms with Gasteiger partial charge in [-0.15, -0.1) is 0 Å². The molecule has 0 unspecified atom stereocenters. The molecule has 1 aromatic carbocycles. The first kappa shape index (κ1) is 15.2. The summed E-state index contributed by atoms with van der Waals surface area (Å²) in [5.74, 6) is -0.194. The Morgan fingerprint density at radius 2 is 2.14 bits per heavy atom. The summed E-state index contributed by atoms with van der Waals surface area (Å²) in [5, 5.41) is 9.85. The highest BCUT2D eigenvalue weighted by Crippen LogP contribution is 2.22. The zero-order valence-corrected chi connectivity index (χ0v) is 12.4. The molecule has 112 valence electrons. The Morgan fingerprint density at radius 1 is 1.38 bits per heavy atom. The number of nitrogens with zero attached hydrogens (tertiary/aromatic N) is 3. The number of carboxylic acid groups (broad SMARTS) is 1. The number of anilines is 1. The number of carboxylic acids is 1. The minimum atomic E-state index is -0.962. The molecule has 6 nitrogen and oxygen atoms in total. The number of benzene rings is 1. The van der Waals surface area contributed by atoms with Crippen LogP contribution in [0.25, 0.3) is 10.9 Å². The van der Waals surface area contributed by atoms with Crippen LogP contribution in [0.15, 0.2) is 24.5 Å².